The topological polar surface area (TPSA) is 60.0 Å². The van der Waals surface area contributed by atoms with Crippen molar-refractivity contribution < 1.29 is 19.0 Å². The number of rotatable bonds is 11. The third-order valence-electron chi connectivity index (χ3n) is 5.67. The van der Waals surface area contributed by atoms with E-state index in [1.54, 1.807) is 33.5 Å². The number of carbonyl (C=O) groups is 1. The average Bonchev–Trinajstić information content (AvgIpc) is 3.61. The lowest BCUT2D eigenvalue weighted by atomic mass is 10.0. The Balaban J connectivity index is 1.59. The summed E-state index contributed by atoms with van der Waals surface area (Å²) >= 11 is 0. The molecule has 1 saturated carbocycles. The lowest BCUT2D eigenvalue weighted by Gasteiger charge is -2.22. The molecule has 0 aliphatic heterocycles. The molecule has 0 atom stereocenters. The van der Waals surface area contributed by atoms with Crippen molar-refractivity contribution in [1.29, 1.82) is 0 Å². The summed E-state index contributed by atoms with van der Waals surface area (Å²) in [5.41, 5.74) is 3.27. The molecule has 2 aromatic carbocycles. The van der Waals surface area contributed by atoms with Gasteiger partial charge in [0.2, 0.25) is 11.7 Å². The van der Waals surface area contributed by atoms with E-state index in [2.05, 4.69) is 48.3 Å². The highest BCUT2D eigenvalue weighted by atomic mass is 16.5. The second kappa shape index (κ2) is 10.5. The Labute approximate surface area is 185 Å². The van der Waals surface area contributed by atoms with Crippen molar-refractivity contribution in [2.45, 2.75) is 51.6 Å². The van der Waals surface area contributed by atoms with Gasteiger partial charge in [-0.05, 0) is 29.9 Å². The number of benzene rings is 2. The molecule has 1 aliphatic rings. The Bertz CT molecular complexity index is 851. The van der Waals surface area contributed by atoms with Crippen LogP contribution in [0.15, 0.2) is 36.4 Å². The SMILES string of the molecule is COc1cc(NC(=O)CCN(Cc2ccc(C(C)C)cc2)C2CC2)cc(OC)c1OC. The Kier molecular flexibility index (Phi) is 7.80. The monoisotopic (exact) mass is 426 g/mol. The van der Waals surface area contributed by atoms with E-state index in [-0.39, 0.29) is 5.91 Å². The van der Waals surface area contributed by atoms with E-state index in [4.69, 9.17) is 14.2 Å². The summed E-state index contributed by atoms with van der Waals surface area (Å²) in [4.78, 5) is 15.1. The number of hydrogen-bond acceptors (Lipinski definition) is 5. The number of carbonyl (C=O) groups excluding carboxylic acids is 1. The van der Waals surface area contributed by atoms with E-state index in [0.717, 1.165) is 13.1 Å². The van der Waals surface area contributed by atoms with Crippen LogP contribution in [0.1, 0.15) is 50.2 Å². The van der Waals surface area contributed by atoms with Crippen molar-refractivity contribution in [2.24, 2.45) is 0 Å². The van der Waals surface area contributed by atoms with Gasteiger partial charge in [-0.2, -0.15) is 0 Å². The van der Waals surface area contributed by atoms with Crippen molar-refractivity contribution in [3.8, 4) is 17.2 Å². The molecule has 168 valence electrons. The molecule has 0 saturated heterocycles. The van der Waals surface area contributed by atoms with E-state index in [9.17, 15) is 4.79 Å². The predicted molar refractivity (Wildman–Crippen MR) is 123 cm³/mol. The maximum atomic E-state index is 12.6. The van der Waals surface area contributed by atoms with Crippen LogP contribution in [0.2, 0.25) is 0 Å². The fourth-order valence-electron chi connectivity index (χ4n) is 3.69. The molecule has 1 N–H and O–H groups in total. The number of nitrogens with one attached hydrogen (secondary N) is 1. The molecule has 0 spiro atoms. The van der Waals surface area contributed by atoms with Crippen LogP contribution in [0.4, 0.5) is 5.69 Å². The summed E-state index contributed by atoms with van der Waals surface area (Å²) in [5, 5.41) is 2.96. The summed E-state index contributed by atoms with van der Waals surface area (Å²) in [7, 11) is 4.68. The highest BCUT2D eigenvalue weighted by molar-refractivity contribution is 5.91. The predicted octanol–water partition coefficient (Wildman–Crippen LogP) is 4.83. The Hall–Kier alpha value is -2.73. The standard InChI is InChI=1S/C25H34N2O4/c1-17(2)19-8-6-18(7-9-19)16-27(21-10-11-21)13-12-24(28)26-20-14-22(29-3)25(31-5)23(15-20)30-4/h6-9,14-15,17,21H,10-13,16H2,1-5H3,(H,26,28). The third-order valence-corrected chi connectivity index (χ3v) is 5.67. The maximum absolute atomic E-state index is 12.6. The Morgan fingerprint density at radius 3 is 2.13 bits per heavy atom. The van der Waals surface area contributed by atoms with Gasteiger partial charge in [-0.15, -0.1) is 0 Å². The van der Waals surface area contributed by atoms with Crippen LogP contribution in [0.3, 0.4) is 0 Å². The zero-order valence-corrected chi connectivity index (χ0v) is 19.2. The first-order valence-electron chi connectivity index (χ1n) is 10.9. The second-order valence-corrected chi connectivity index (χ2v) is 8.31. The largest absolute Gasteiger partial charge is 0.493 e. The van der Waals surface area contributed by atoms with Crippen LogP contribution in [-0.2, 0) is 11.3 Å². The fourth-order valence-corrected chi connectivity index (χ4v) is 3.69. The lowest BCUT2D eigenvalue weighted by Crippen LogP contribution is -2.29. The Morgan fingerprint density at radius 2 is 1.65 bits per heavy atom. The quantitative estimate of drug-likeness (QED) is 0.558. The molecule has 31 heavy (non-hydrogen) atoms. The molecular formula is C25H34N2O4. The second-order valence-electron chi connectivity index (χ2n) is 8.31. The first kappa shape index (κ1) is 22.9. The molecular weight excluding hydrogens is 392 g/mol. The van der Waals surface area contributed by atoms with Crippen LogP contribution >= 0.6 is 0 Å². The van der Waals surface area contributed by atoms with Crippen molar-refractivity contribution >= 4 is 11.6 Å². The van der Waals surface area contributed by atoms with E-state index < -0.39 is 0 Å². The van der Waals surface area contributed by atoms with Gasteiger partial charge in [-0.3, -0.25) is 9.69 Å². The smallest absolute Gasteiger partial charge is 0.225 e. The van der Waals surface area contributed by atoms with Crippen LogP contribution in [0, 0.1) is 0 Å². The van der Waals surface area contributed by atoms with Gasteiger partial charge in [0.15, 0.2) is 11.5 Å². The molecule has 1 aliphatic carbocycles. The number of hydrogen-bond donors (Lipinski definition) is 1. The first-order chi connectivity index (χ1) is 14.9. The lowest BCUT2D eigenvalue weighted by molar-refractivity contribution is -0.116. The zero-order valence-electron chi connectivity index (χ0n) is 19.2. The minimum atomic E-state index is -0.0323. The Morgan fingerprint density at radius 1 is 1.03 bits per heavy atom. The molecule has 2 aromatic rings. The summed E-state index contributed by atoms with van der Waals surface area (Å²) in [6.07, 6.45) is 2.84. The van der Waals surface area contributed by atoms with Gasteiger partial charge in [0, 0.05) is 43.4 Å². The normalized spacial score (nSPS) is 13.4. The van der Waals surface area contributed by atoms with Gasteiger partial charge in [0.05, 0.1) is 21.3 Å². The molecule has 1 amide bonds. The molecule has 0 heterocycles. The van der Waals surface area contributed by atoms with Crippen molar-refractivity contribution in [2.75, 3.05) is 33.2 Å². The van der Waals surface area contributed by atoms with E-state index in [0.29, 0.717) is 41.3 Å². The number of amides is 1. The van der Waals surface area contributed by atoms with E-state index in [1.165, 1.54) is 24.0 Å². The minimum absolute atomic E-state index is 0.0323. The first-order valence-corrected chi connectivity index (χ1v) is 10.9. The van der Waals surface area contributed by atoms with Gasteiger partial charge in [-0.1, -0.05) is 38.1 Å². The van der Waals surface area contributed by atoms with Crippen molar-refractivity contribution in [1.82, 2.24) is 4.90 Å². The molecule has 6 nitrogen and oxygen atoms in total. The molecule has 0 radical (unpaired) electrons. The van der Waals surface area contributed by atoms with E-state index >= 15 is 0 Å². The maximum Gasteiger partial charge on any atom is 0.225 e. The van der Waals surface area contributed by atoms with Crippen LogP contribution < -0.4 is 19.5 Å². The molecule has 6 heteroatoms. The highest BCUT2D eigenvalue weighted by Crippen LogP contribution is 2.40. The van der Waals surface area contributed by atoms with Crippen LogP contribution in [0.5, 0.6) is 17.2 Å². The molecule has 0 unspecified atom stereocenters. The summed E-state index contributed by atoms with van der Waals surface area (Å²) in [6.45, 7) is 6.02. The third kappa shape index (κ3) is 6.14. The van der Waals surface area contributed by atoms with Gasteiger partial charge in [0.25, 0.3) is 0 Å². The van der Waals surface area contributed by atoms with Crippen molar-refractivity contribution in [3.63, 3.8) is 0 Å². The van der Waals surface area contributed by atoms with Gasteiger partial charge >= 0.3 is 0 Å². The molecule has 3 rings (SSSR count). The average molecular weight is 427 g/mol. The van der Waals surface area contributed by atoms with E-state index in [1.807, 2.05) is 0 Å². The number of nitrogens with zero attached hydrogens (tertiary/aromatic N) is 1. The van der Waals surface area contributed by atoms with Crippen molar-refractivity contribution in [3.05, 3.63) is 47.5 Å². The molecule has 0 bridgehead atoms. The van der Waals surface area contributed by atoms with Crippen LogP contribution in [-0.4, -0.2) is 44.7 Å². The van der Waals surface area contributed by atoms with Crippen LogP contribution in [0.25, 0.3) is 0 Å². The molecule has 1 fully saturated rings. The summed E-state index contributed by atoms with van der Waals surface area (Å²) < 4.78 is 16.1. The summed E-state index contributed by atoms with van der Waals surface area (Å²) in [5.74, 6) is 2.04. The summed E-state index contributed by atoms with van der Waals surface area (Å²) in [6, 6.07) is 12.9. The highest BCUT2D eigenvalue weighted by Gasteiger charge is 2.29. The number of methoxy groups -OCH3 is 3. The van der Waals surface area contributed by atoms with Gasteiger partial charge in [0.1, 0.15) is 0 Å². The molecule has 0 aromatic heterocycles. The van der Waals surface area contributed by atoms with Gasteiger partial charge in [-0.25, -0.2) is 0 Å². The minimum Gasteiger partial charge on any atom is -0.493 e. The fraction of sp³-hybridized carbons (Fsp3) is 0.480. The number of anilines is 1. The van der Waals surface area contributed by atoms with Gasteiger partial charge < -0.3 is 19.5 Å². The zero-order chi connectivity index (χ0) is 22.4. The number of ether oxygens (including phenoxy) is 3.